The highest BCUT2D eigenvalue weighted by atomic mass is 32.2. The van der Waals surface area contributed by atoms with Crippen LogP contribution in [0.1, 0.15) is 43.7 Å². The van der Waals surface area contributed by atoms with Crippen LogP contribution in [0.25, 0.3) is 11.2 Å². The van der Waals surface area contributed by atoms with E-state index < -0.39 is 18.2 Å². The third kappa shape index (κ3) is 4.44. The van der Waals surface area contributed by atoms with Crippen molar-refractivity contribution < 1.29 is 10.2 Å². The first-order valence-corrected chi connectivity index (χ1v) is 13.4. The van der Waals surface area contributed by atoms with Crippen molar-refractivity contribution in [2.75, 3.05) is 11.1 Å². The highest BCUT2D eigenvalue weighted by molar-refractivity contribution is 7.99. The Kier molecular flexibility index (Phi) is 6.32. The maximum absolute atomic E-state index is 10.9. The molecule has 0 unspecified atom stereocenters. The number of nitrogens with zero attached hydrogens (tertiary/aromatic N) is 8. The van der Waals surface area contributed by atoms with Crippen LogP contribution in [0.4, 0.5) is 5.82 Å². The number of aliphatic hydroxyl groups is 2. The topological polar surface area (TPSA) is 140 Å². The fourth-order valence-electron chi connectivity index (χ4n) is 5.08. The molecule has 0 bridgehead atoms. The minimum atomic E-state index is -0.993. The molecule has 12 heteroatoms. The van der Waals surface area contributed by atoms with Crippen molar-refractivity contribution >= 4 is 28.7 Å². The molecule has 2 fully saturated rings. The van der Waals surface area contributed by atoms with E-state index in [0.29, 0.717) is 41.0 Å². The van der Waals surface area contributed by atoms with Crippen molar-refractivity contribution in [1.82, 2.24) is 40.0 Å². The Labute approximate surface area is 212 Å². The third-order valence-corrected chi connectivity index (χ3v) is 8.11. The average molecular weight is 508 g/mol. The third-order valence-electron chi connectivity index (χ3n) is 7.06. The molecule has 0 saturated heterocycles. The number of aromatic nitrogens is 8. The normalized spacial score (nSPS) is 27.5. The molecule has 2 aliphatic rings. The smallest absolute Gasteiger partial charge is 0.191 e. The second-order valence-corrected chi connectivity index (χ2v) is 10.6. The number of anilines is 1. The zero-order valence-electron chi connectivity index (χ0n) is 19.9. The molecule has 0 amide bonds. The van der Waals surface area contributed by atoms with Crippen LogP contribution < -0.4 is 5.32 Å². The number of aliphatic hydroxyl groups excluding tert-OH is 2. The van der Waals surface area contributed by atoms with Crippen molar-refractivity contribution in [3.05, 3.63) is 48.3 Å². The van der Waals surface area contributed by atoms with E-state index in [9.17, 15) is 10.2 Å². The second kappa shape index (κ2) is 9.75. The predicted molar refractivity (Wildman–Crippen MR) is 135 cm³/mol. The molecule has 3 heterocycles. The summed E-state index contributed by atoms with van der Waals surface area (Å²) >= 11 is 1.59. The lowest BCUT2D eigenvalue weighted by molar-refractivity contribution is 0.00151. The van der Waals surface area contributed by atoms with Gasteiger partial charge < -0.3 is 15.5 Å². The lowest BCUT2D eigenvalue weighted by Gasteiger charge is -2.17. The molecule has 0 spiro atoms. The summed E-state index contributed by atoms with van der Waals surface area (Å²) in [4.78, 5) is 9.55. The SMILES string of the molecule is CCCSc1nc(N[C@@H]2C[C@H]2c2ccccc2)c2nnn([C@@H]3C[C@H](Cn4ccnn4)[C@@H](O)[C@H]3O)c2n1. The second-order valence-electron chi connectivity index (χ2n) is 9.58. The summed E-state index contributed by atoms with van der Waals surface area (Å²) in [6.07, 6.45) is 3.99. The van der Waals surface area contributed by atoms with Crippen LogP contribution in [0.15, 0.2) is 47.9 Å². The number of benzene rings is 1. The average Bonchev–Trinajstić information content (AvgIpc) is 3.19. The Morgan fingerprint density at radius 2 is 1.94 bits per heavy atom. The predicted octanol–water partition coefficient (Wildman–Crippen LogP) is 2.27. The van der Waals surface area contributed by atoms with Crippen LogP contribution in [-0.2, 0) is 6.54 Å². The van der Waals surface area contributed by atoms with Crippen LogP contribution in [0.2, 0.25) is 0 Å². The van der Waals surface area contributed by atoms with Gasteiger partial charge in [-0.1, -0.05) is 59.4 Å². The monoisotopic (exact) mass is 507 g/mol. The van der Waals surface area contributed by atoms with E-state index in [1.807, 2.05) is 6.07 Å². The van der Waals surface area contributed by atoms with Gasteiger partial charge in [0, 0.05) is 36.4 Å². The minimum absolute atomic E-state index is 0.197. The van der Waals surface area contributed by atoms with Crippen LogP contribution in [0.3, 0.4) is 0 Å². The molecule has 4 aromatic rings. The number of fused-ring (bicyclic) bond motifs is 1. The molecule has 6 rings (SSSR count). The first-order valence-electron chi connectivity index (χ1n) is 12.4. The molecule has 2 aliphatic carbocycles. The van der Waals surface area contributed by atoms with E-state index in [1.165, 1.54) is 5.56 Å². The summed E-state index contributed by atoms with van der Waals surface area (Å²) in [6, 6.07) is 10.3. The van der Waals surface area contributed by atoms with Gasteiger partial charge in [0.25, 0.3) is 0 Å². The molecule has 3 N–H and O–H groups in total. The Morgan fingerprint density at radius 3 is 2.72 bits per heavy atom. The highest BCUT2D eigenvalue weighted by Crippen LogP contribution is 2.43. The van der Waals surface area contributed by atoms with Gasteiger partial charge >= 0.3 is 0 Å². The number of thioether (sulfide) groups is 1. The fraction of sp³-hybridized carbons (Fsp3) is 0.500. The summed E-state index contributed by atoms with van der Waals surface area (Å²) in [7, 11) is 0. The molecule has 3 aromatic heterocycles. The van der Waals surface area contributed by atoms with Crippen molar-refractivity contribution in [2.24, 2.45) is 5.92 Å². The maximum atomic E-state index is 10.9. The van der Waals surface area contributed by atoms with Crippen molar-refractivity contribution in [3.63, 3.8) is 0 Å². The molecule has 6 atom stereocenters. The van der Waals surface area contributed by atoms with Crippen LogP contribution >= 0.6 is 11.8 Å². The quantitative estimate of drug-likeness (QED) is 0.228. The van der Waals surface area contributed by atoms with Crippen LogP contribution in [-0.4, -0.2) is 74.2 Å². The molecule has 2 saturated carbocycles. The summed E-state index contributed by atoms with van der Waals surface area (Å²) in [5.74, 6) is 1.80. The molecule has 0 aliphatic heterocycles. The Bertz CT molecular complexity index is 1320. The van der Waals surface area contributed by atoms with Crippen LogP contribution in [0, 0.1) is 5.92 Å². The first-order chi connectivity index (χ1) is 17.6. The molecular weight excluding hydrogens is 478 g/mol. The first kappa shape index (κ1) is 23.3. The summed E-state index contributed by atoms with van der Waals surface area (Å²) in [5, 5.41) is 42.6. The zero-order valence-corrected chi connectivity index (χ0v) is 20.7. The van der Waals surface area contributed by atoms with Crippen molar-refractivity contribution in [2.45, 2.75) is 68.1 Å². The summed E-state index contributed by atoms with van der Waals surface area (Å²) < 4.78 is 3.33. The van der Waals surface area contributed by atoms with E-state index >= 15 is 0 Å². The lowest BCUT2D eigenvalue weighted by Crippen LogP contribution is -2.31. The minimum Gasteiger partial charge on any atom is -0.390 e. The van der Waals surface area contributed by atoms with Gasteiger partial charge in [-0.3, -0.25) is 4.68 Å². The van der Waals surface area contributed by atoms with E-state index in [4.69, 9.17) is 9.97 Å². The van der Waals surface area contributed by atoms with Gasteiger partial charge in [0.15, 0.2) is 22.1 Å². The number of hydrogen-bond acceptors (Lipinski definition) is 10. The van der Waals surface area contributed by atoms with E-state index in [1.54, 1.807) is 33.5 Å². The Hall–Kier alpha value is -3.09. The van der Waals surface area contributed by atoms with E-state index in [2.05, 4.69) is 57.1 Å². The Balaban J connectivity index is 1.29. The van der Waals surface area contributed by atoms with Gasteiger partial charge in [-0.05, 0) is 24.8 Å². The molecule has 0 radical (unpaired) electrons. The summed E-state index contributed by atoms with van der Waals surface area (Å²) in [5.41, 5.74) is 2.46. The van der Waals surface area contributed by atoms with Gasteiger partial charge in [-0.2, -0.15) is 0 Å². The molecule has 188 valence electrons. The zero-order chi connectivity index (χ0) is 24.6. The van der Waals surface area contributed by atoms with Gasteiger partial charge in [0.1, 0.15) is 6.10 Å². The van der Waals surface area contributed by atoms with Gasteiger partial charge in [0.2, 0.25) is 0 Å². The van der Waals surface area contributed by atoms with Gasteiger partial charge in [0.05, 0.1) is 18.3 Å². The molecule has 36 heavy (non-hydrogen) atoms. The lowest BCUT2D eigenvalue weighted by atomic mass is 10.1. The van der Waals surface area contributed by atoms with Gasteiger partial charge in [-0.25, -0.2) is 14.6 Å². The van der Waals surface area contributed by atoms with E-state index in [-0.39, 0.29) is 12.0 Å². The van der Waals surface area contributed by atoms with Gasteiger partial charge in [-0.15, -0.1) is 10.2 Å². The largest absolute Gasteiger partial charge is 0.390 e. The van der Waals surface area contributed by atoms with Crippen LogP contribution in [0.5, 0.6) is 0 Å². The number of nitrogens with one attached hydrogen (secondary N) is 1. The van der Waals surface area contributed by atoms with Crippen molar-refractivity contribution in [3.8, 4) is 0 Å². The maximum Gasteiger partial charge on any atom is 0.191 e. The fourth-order valence-corrected chi connectivity index (χ4v) is 5.78. The standard InChI is InChI=1S/C24H29N9O2S/c1-2-10-36-24-27-22(26-17-12-16(17)14-6-4-3-5-7-14)19-23(28-24)33(31-29-19)18-11-15(20(34)21(18)35)13-32-9-8-25-30-32/h3-9,15-18,20-21,34-35H,2,10-13H2,1H3,(H,26,27,28)/t15-,16+,17-,18-,20-,21+/m1/s1. The van der Waals surface area contributed by atoms with Crippen molar-refractivity contribution in [1.29, 1.82) is 0 Å². The number of rotatable bonds is 9. The summed E-state index contributed by atoms with van der Waals surface area (Å²) in [6.45, 7) is 2.58. The Morgan fingerprint density at radius 1 is 1.08 bits per heavy atom. The van der Waals surface area contributed by atoms with E-state index in [0.717, 1.165) is 18.6 Å². The molecule has 1 aromatic carbocycles. The molecular formula is C24H29N9O2S. The molecule has 11 nitrogen and oxygen atoms in total. The number of hydrogen-bond donors (Lipinski definition) is 3. The highest BCUT2D eigenvalue weighted by Gasteiger charge is 2.44.